The largest absolute Gasteiger partial charge is 0.356 e. The Morgan fingerprint density at radius 3 is 2.94 bits per heavy atom. The van der Waals surface area contributed by atoms with Gasteiger partial charge >= 0.3 is 0 Å². The number of nitrogens with one attached hydrogen (secondary N) is 1. The van der Waals surface area contributed by atoms with Crippen LogP contribution in [0.4, 0.5) is 4.39 Å². The van der Waals surface area contributed by atoms with Gasteiger partial charge in [-0.15, -0.1) is 0 Å². The molecule has 0 fully saturated rings. The van der Waals surface area contributed by atoms with Crippen LogP contribution in [0, 0.1) is 12.7 Å². The summed E-state index contributed by atoms with van der Waals surface area (Å²) in [5, 5.41) is 2.69. The van der Waals surface area contributed by atoms with Crippen LogP contribution in [0.2, 0.25) is 0 Å². The maximum Gasteiger partial charge on any atom is 0.216 e. The van der Waals surface area contributed by atoms with Crippen molar-refractivity contribution in [1.82, 2.24) is 5.32 Å². The Morgan fingerprint density at radius 1 is 1.50 bits per heavy atom. The van der Waals surface area contributed by atoms with Crippen LogP contribution in [0.1, 0.15) is 24.5 Å². The van der Waals surface area contributed by atoms with Crippen LogP contribution in [0.25, 0.3) is 6.08 Å². The molecule has 16 heavy (non-hydrogen) atoms. The van der Waals surface area contributed by atoms with E-state index >= 15 is 0 Å². The number of benzene rings is 1. The molecule has 86 valence electrons. The Morgan fingerprint density at radius 2 is 2.25 bits per heavy atom. The highest BCUT2D eigenvalue weighted by Crippen LogP contribution is 2.12. The van der Waals surface area contributed by atoms with Gasteiger partial charge < -0.3 is 5.32 Å². The van der Waals surface area contributed by atoms with Gasteiger partial charge in [0.1, 0.15) is 5.82 Å². The number of rotatable bonds is 4. The van der Waals surface area contributed by atoms with Crippen molar-refractivity contribution >= 4 is 12.0 Å². The van der Waals surface area contributed by atoms with Crippen molar-refractivity contribution in [1.29, 1.82) is 0 Å². The Bertz CT molecular complexity index is 399. The highest BCUT2D eigenvalue weighted by Gasteiger charge is 1.95. The summed E-state index contributed by atoms with van der Waals surface area (Å²) in [4.78, 5) is 10.6. The van der Waals surface area contributed by atoms with Crippen LogP contribution in [0.15, 0.2) is 24.3 Å². The molecule has 0 bridgehead atoms. The second-order valence-corrected chi connectivity index (χ2v) is 3.67. The summed E-state index contributed by atoms with van der Waals surface area (Å²) in [6, 6.07) is 4.71. The normalized spacial score (nSPS) is 10.7. The Hall–Kier alpha value is -1.64. The van der Waals surface area contributed by atoms with Gasteiger partial charge in [-0.05, 0) is 36.6 Å². The van der Waals surface area contributed by atoms with Gasteiger partial charge in [-0.1, -0.05) is 18.2 Å². The van der Waals surface area contributed by atoms with Crippen molar-refractivity contribution in [2.45, 2.75) is 20.3 Å². The number of hydrogen-bond donors (Lipinski definition) is 1. The zero-order chi connectivity index (χ0) is 12.0. The van der Waals surface area contributed by atoms with Crippen LogP contribution in [0.3, 0.4) is 0 Å². The van der Waals surface area contributed by atoms with E-state index in [9.17, 15) is 9.18 Å². The van der Waals surface area contributed by atoms with E-state index in [-0.39, 0.29) is 11.7 Å². The van der Waals surface area contributed by atoms with E-state index in [1.165, 1.54) is 19.1 Å². The SMILES string of the molecule is CC(=O)NCCC=Cc1cc(F)ccc1C. The second-order valence-electron chi connectivity index (χ2n) is 3.67. The van der Waals surface area contributed by atoms with Crippen LogP contribution >= 0.6 is 0 Å². The Balaban J connectivity index is 2.49. The molecule has 1 amide bonds. The lowest BCUT2D eigenvalue weighted by atomic mass is 10.1. The molecule has 1 aromatic carbocycles. The molecule has 3 heteroatoms. The molecule has 0 unspecified atom stereocenters. The molecule has 0 aliphatic carbocycles. The molecule has 0 saturated carbocycles. The maximum atomic E-state index is 12.9. The Kier molecular flexibility index (Phi) is 4.70. The molecular formula is C13H16FNO. The van der Waals surface area contributed by atoms with Crippen molar-refractivity contribution < 1.29 is 9.18 Å². The van der Waals surface area contributed by atoms with Crippen LogP contribution in [-0.2, 0) is 4.79 Å². The molecule has 1 N–H and O–H groups in total. The predicted molar refractivity (Wildman–Crippen MR) is 63.5 cm³/mol. The first-order valence-electron chi connectivity index (χ1n) is 5.26. The molecule has 2 nitrogen and oxygen atoms in total. The molecule has 0 aliphatic rings. The van der Waals surface area contributed by atoms with Gasteiger partial charge in [0.15, 0.2) is 0 Å². The molecule has 1 rings (SSSR count). The van der Waals surface area contributed by atoms with Gasteiger partial charge in [0.25, 0.3) is 0 Å². The molecule has 0 aromatic heterocycles. The molecule has 0 heterocycles. The average Bonchev–Trinajstić information content (AvgIpc) is 2.22. The number of amides is 1. The quantitative estimate of drug-likeness (QED) is 0.778. The fraction of sp³-hybridized carbons (Fsp3) is 0.308. The smallest absolute Gasteiger partial charge is 0.216 e. The van der Waals surface area contributed by atoms with Crippen molar-refractivity contribution in [2.24, 2.45) is 0 Å². The van der Waals surface area contributed by atoms with Gasteiger partial charge in [-0.2, -0.15) is 0 Å². The maximum absolute atomic E-state index is 12.9. The van der Waals surface area contributed by atoms with Gasteiger partial charge in [0.05, 0.1) is 0 Å². The number of halogens is 1. The van der Waals surface area contributed by atoms with Gasteiger partial charge in [0.2, 0.25) is 5.91 Å². The van der Waals surface area contributed by atoms with Crippen molar-refractivity contribution in [2.75, 3.05) is 6.54 Å². The van der Waals surface area contributed by atoms with E-state index in [1.807, 2.05) is 19.1 Å². The van der Waals surface area contributed by atoms with E-state index < -0.39 is 0 Å². The summed E-state index contributed by atoms with van der Waals surface area (Å²) in [5.41, 5.74) is 1.92. The van der Waals surface area contributed by atoms with Gasteiger partial charge in [0, 0.05) is 13.5 Å². The monoisotopic (exact) mass is 221 g/mol. The summed E-state index contributed by atoms with van der Waals surface area (Å²) in [6.07, 6.45) is 4.55. The van der Waals surface area contributed by atoms with Gasteiger partial charge in [-0.25, -0.2) is 4.39 Å². The van der Waals surface area contributed by atoms with E-state index in [2.05, 4.69) is 5.32 Å². The summed E-state index contributed by atoms with van der Waals surface area (Å²) < 4.78 is 12.9. The van der Waals surface area contributed by atoms with Crippen LogP contribution in [0.5, 0.6) is 0 Å². The molecule has 0 saturated heterocycles. The third kappa shape index (κ3) is 4.26. The lowest BCUT2D eigenvalue weighted by molar-refractivity contribution is -0.118. The number of aryl methyl sites for hydroxylation is 1. The Labute approximate surface area is 95.2 Å². The predicted octanol–water partition coefficient (Wildman–Crippen LogP) is 2.67. The standard InChI is InChI=1S/C13H16FNO/c1-10-6-7-13(14)9-12(10)5-3-4-8-15-11(2)16/h3,5-7,9H,4,8H2,1-2H3,(H,15,16). The lowest BCUT2D eigenvalue weighted by Crippen LogP contribution is -2.20. The van der Waals surface area contributed by atoms with E-state index in [0.717, 1.165) is 17.5 Å². The summed E-state index contributed by atoms with van der Waals surface area (Å²) in [5.74, 6) is -0.262. The van der Waals surface area contributed by atoms with Crippen LogP contribution in [-0.4, -0.2) is 12.5 Å². The molecule has 0 spiro atoms. The third-order valence-corrected chi connectivity index (χ3v) is 2.22. The number of hydrogen-bond acceptors (Lipinski definition) is 1. The molecular weight excluding hydrogens is 205 g/mol. The van der Waals surface area contributed by atoms with Crippen molar-refractivity contribution in [3.63, 3.8) is 0 Å². The van der Waals surface area contributed by atoms with E-state index in [4.69, 9.17) is 0 Å². The molecule has 0 atom stereocenters. The first-order chi connectivity index (χ1) is 7.59. The van der Waals surface area contributed by atoms with E-state index in [0.29, 0.717) is 6.54 Å². The highest BCUT2D eigenvalue weighted by atomic mass is 19.1. The molecule has 0 aliphatic heterocycles. The molecule has 0 radical (unpaired) electrons. The minimum atomic E-state index is -0.230. The van der Waals surface area contributed by atoms with E-state index in [1.54, 1.807) is 6.07 Å². The number of carbonyl (C=O) groups is 1. The van der Waals surface area contributed by atoms with Crippen molar-refractivity contribution in [3.05, 3.63) is 41.2 Å². The first-order valence-corrected chi connectivity index (χ1v) is 5.26. The summed E-state index contributed by atoms with van der Waals surface area (Å²) in [6.45, 7) is 4.04. The summed E-state index contributed by atoms with van der Waals surface area (Å²) >= 11 is 0. The minimum Gasteiger partial charge on any atom is -0.356 e. The minimum absolute atomic E-state index is 0.0321. The second kappa shape index (κ2) is 6.05. The zero-order valence-corrected chi connectivity index (χ0v) is 9.59. The topological polar surface area (TPSA) is 29.1 Å². The fourth-order valence-electron chi connectivity index (χ4n) is 1.33. The first kappa shape index (κ1) is 12.4. The average molecular weight is 221 g/mol. The number of carbonyl (C=O) groups excluding carboxylic acids is 1. The zero-order valence-electron chi connectivity index (χ0n) is 9.59. The highest BCUT2D eigenvalue weighted by molar-refractivity contribution is 5.72. The third-order valence-electron chi connectivity index (χ3n) is 2.22. The fourth-order valence-corrected chi connectivity index (χ4v) is 1.33. The van der Waals surface area contributed by atoms with Crippen molar-refractivity contribution in [3.8, 4) is 0 Å². The summed E-state index contributed by atoms with van der Waals surface area (Å²) in [7, 11) is 0. The lowest BCUT2D eigenvalue weighted by Gasteiger charge is -2.00. The molecule has 1 aromatic rings. The van der Waals surface area contributed by atoms with Gasteiger partial charge in [-0.3, -0.25) is 4.79 Å². The van der Waals surface area contributed by atoms with Crippen LogP contribution < -0.4 is 5.32 Å².